The second-order valence-electron chi connectivity index (χ2n) is 6.14. The van der Waals surface area contributed by atoms with Gasteiger partial charge in [0.05, 0.1) is 11.9 Å². The van der Waals surface area contributed by atoms with Crippen LogP contribution in [-0.2, 0) is 9.59 Å². The lowest BCUT2D eigenvalue weighted by atomic mass is 9.78. The van der Waals surface area contributed by atoms with Gasteiger partial charge >= 0.3 is 0 Å². The van der Waals surface area contributed by atoms with E-state index in [1.165, 1.54) is 0 Å². The summed E-state index contributed by atoms with van der Waals surface area (Å²) >= 11 is 0. The van der Waals surface area contributed by atoms with Gasteiger partial charge in [0, 0.05) is 33.1 Å². The van der Waals surface area contributed by atoms with Crippen LogP contribution in [0.15, 0.2) is 24.5 Å². The molecule has 1 aromatic heterocycles. The molecule has 1 heterocycles. The first-order valence-corrected chi connectivity index (χ1v) is 7.41. The van der Waals surface area contributed by atoms with Crippen LogP contribution in [0.5, 0.6) is 0 Å². The van der Waals surface area contributed by atoms with Crippen molar-refractivity contribution < 1.29 is 9.59 Å². The SMILES string of the molecule is CN(C)C(=O)CC1(CC(=O)Nc2cccnc2)CCCC1. The van der Waals surface area contributed by atoms with Crippen LogP contribution in [0.2, 0.25) is 0 Å². The van der Waals surface area contributed by atoms with Gasteiger partial charge in [-0.05, 0) is 30.4 Å². The molecule has 21 heavy (non-hydrogen) atoms. The van der Waals surface area contributed by atoms with Gasteiger partial charge < -0.3 is 10.2 Å². The predicted octanol–water partition coefficient (Wildman–Crippen LogP) is 2.45. The number of aromatic nitrogens is 1. The van der Waals surface area contributed by atoms with E-state index in [0.717, 1.165) is 25.7 Å². The van der Waals surface area contributed by atoms with E-state index >= 15 is 0 Å². The van der Waals surface area contributed by atoms with Gasteiger partial charge in [-0.2, -0.15) is 0 Å². The Morgan fingerprint density at radius 3 is 2.57 bits per heavy atom. The van der Waals surface area contributed by atoms with Gasteiger partial charge in [-0.15, -0.1) is 0 Å². The molecule has 5 heteroatoms. The normalized spacial score (nSPS) is 16.5. The van der Waals surface area contributed by atoms with E-state index in [2.05, 4.69) is 10.3 Å². The van der Waals surface area contributed by atoms with E-state index in [1.54, 1.807) is 37.5 Å². The molecular weight excluding hydrogens is 266 g/mol. The van der Waals surface area contributed by atoms with Gasteiger partial charge in [-0.3, -0.25) is 14.6 Å². The maximum atomic E-state index is 12.3. The molecule has 5 nitrogen and oxygen atoms in total. The van der Waals surface area contributed by atoms with E-state index in [0.29, 0.717) is 18.5 Å². The molecule has 0 radical (unpaired) electrons. The van der Waals surface area contributed by atoms with Crippen LogP contribution in [0.4, 0.5) is 5.69 Å². The van der Waals surface area contributed by atoms with Gasteiger partial charge in [0.2, 0.25) is 11.8 Å². The molecule has 0 unspecified atom stereocenters. The lowest BCUT2D eigenvalue weighted by molar-refractivity contribution is -0.131. The van der Waals surface area contributed by atoms with Crippen LogP contribution in [0.3, 0.4) is 0 Å². The summed E-state index contributed by atoms with van der Waals surface area (Å²) in [6, 6.07) is 3.60. The number of carbonyl (C=O) groups is 2. The number of nitrogens with zero attached hydrogens (tertiary/aromatic N) is 2. The highest BCUT2D eigenvalue weighted by atomic mass is 16.2. The fourth-order valence-electron chi connectivity index (χ4n) is 3.00. The Bertz CT molecular complexity index is 494. The maximum absolute atomic E-state index is 12.3. The Balaban J connectivity index is 1.99. The lowest BCUT2D eigenvalue weighted by Gasteiger charge is -2.29. The molecule has 1 aliphatic rings. The first-order chi connectivity index (χ1) is 10.0. The summed E-state index contributed by atoms with van der Waals surface area (Å²) in [5.74, 6) is 0.0718. The number of amides is 2. The van der Waals surface area contributed by atoms with E-state index < -0.39 is 0 Å². The average molecular weight is 289 g/mol. The number of hydrogen-bond donors (Lipinski definition) is 1. The fraction of sp³-hybridized carbons (Fsp3) is 0.562. The number of anilines is 1. The molecular formula is C16H23N3O2. The smallest absolute Gasteiger partial charge is 0.224 e. The Labute approximate surface area is 125 Å². The van der Waals surface area contributed by atoms with Crippen molar-refractivity contribution in [3.8, 4) is 0 Å². The highest BCUT2D eigenvalue weighted by Crippen LogP contribution is 2.44. The highest BCUT2D eigenvalue weighted by molar-refractivity contribution is 5.91. The van der Waals surface area contributed by atoms with Crippen molar-refractivity contribution in [2.75, 3.05) is 19.4 Å². The summed E-state index contributed by atoms with van der Waals surface area (Å²) in [5, 5.41) is 2.87. The highest BCUT2D eigenvalue weighted by Gasteiger charge is 2.38. The van der Waals surface area contributed by atoms with Gasteiger partial charge in [-0.1, -0.05) is 12.8 Å². The molecule has 0 spiro atoms. The zero-order valence-electron chi connectivity index (χ0n) is 12.8. The van der Waals surface area contributed by atoms with Crippen molar-refractivity contribution in [1.82, 2.24) is 9.88 Å². The van der Waals surface area contributed by atoms with Gasteiger partial charge in [0.15, 0.2) is 0 Å². The number of carbonyl (C=O) groups excluding carboxylic acids is 2. The molecule has 0 aliphatic heterocycles. The largest absolute Gasteiger partial charge is 0.349 e. The lowest BCUT2D eigenvalue weighted by Crippen LogP contribution is -2.32. The van der Waals surface area contributed by atoms with Crippen LogP contribution in [0, 0.1) is 5.41 Å². The summed E-state index contributed by atoms with van der Waals surface area (Å²) in [5.41, 5.74) is 0.530. The minimum Gasteiger partial charge on any atom is -0.349 e. The predicted molar refractivity (Wildman–Crippen MR) is 81.7 cm³/mol. The summed E-state index contributed by atoms with van der Waals surface area (Å²) in [7, 11) is 3.53. The van der Waals surface area contributed by atoms with Crippen LogP contribution in [-0.4, -0.2) is 35.8 Å². The zero-order valence-corrected chi connectivity index (χ0v) is 12.8. The Kier molecular flexibility index (Phi) is 4.94. The van der Waals surface area contributed by atoms with Crippen molar-refractivity contribution in [3.05, 3.63) is 24.5 Å². The second-order valence-corrected chi connectivity index (χ2v) is 6.14. The van der Waals surface area contributed by atoms with Crippen LogP contribution < -0.4 is 5.32 Å². The van der Waals surface area contributed by atoms with E-state index in [-0.39, 0.29) is 17.2 Å². The minimum absolute atomic E-state index is 0.0311. The van der Waals surface area contributed by atoms with Crippen LogP contribution >= 0.6 is 0 Å². The Morgan fingerprint density at radius 2 is 2.00 bits per heavy atom. The minimum atomic E-state index is -0.173. The molecule has 1 saturated carbocycles. The van der Waals surface area contributed by atoms with Crippen molar-refractivity contribution in [3.63, 3.8) is 0 Å². The van der Waals surface area contributed by atoms with Crippen molar-refractivity contribution in [2.45, 2.75) is 38.5 Å². The molecule has 1 aliphatic carbocycles. The summed E-state index contributed by atoms with van der Waals surface area (Å²) in [4.78, 5) is 29.9. The molecule has 1 aromatic rings. The molecule has 0 bridgehead atoms. The van der Waals surface area contributed by atoms with E-state index in [4.69, 9.17) is 0 Å². The molecule has 0 aromatic carbocycles. The maximum Gasteiger partial charge on any atom is 0.224 e. The zero-order chi connectivity index (χ0) is 15.3. The van der Waals surface area contributed by atoms with Gasteiger partial charge in [-0.25, -0.2) is 0 Å². The first-order valence-electron chi connectivity index (χ1n) is 7.41. The summed E-state index contributed by atoms with van der Waals surface area (Å²) < 4.78 is 0. The first kappa shape index (κ1) is 15.5. The molecule has 0 saturated heterocycles. The topological polar surface area (TPSA) is 62.3 Å². The third kappa shape index (κ3) is 4.28. The van der Waals surface area contributed by atoms with Crippen molar-refractivity contribution >= 4 is 17.5 Å². The number of pyridine rings is 1. The number of hydrogen-bond acceptors (Lipinski definition) is 3. The molecule has 1 N–H and O–H groups in total. The fourth-order valence-corrected chi connectivity index (χ4v) is 3.00. The van der Waals surface area contributed by atoms with E-state index in [1.807, 2.05) is 6.07 Å². The number of rotatable bonds is 5. The number of nitrogens with one attached hydrogen (secondary N) is 1. The average Bonchev–Trinajstić information content (AvgIpc) is 2.87. The standard InChI is InChI=1S/C16H23N3O2/c1-19(2)15(21)11-16(7-3-4-8-16)10-14(20)18-13-6-5-9-17-12-13/h5-6,9,12H,3-4,7-8,10-11H2,1-2H3,(H,18,20). The van der Waals surface area contributed by atoms with Gasteiger partial charge in [0.25, 0.3) is 0 Å². The molecule has 1 fully saturated rings. The third-order valence-electron chi connectivity index (χ3n) is 4.17. The van der Waals surface area contributed by atoms with Crippen molar-refractivity contribution in [2.24, 2.45) is 5.41 Å². The summed E-state index contributed by atoms with van der Waals surface area (Å²) in [6.45, 7) is 0. The third-order valence-corrected chi connectivity index (χ3v) is 4.17. The molecule has 2 amide bonds. The second kappa shape index (κ2) is 6.70. The molecule has 0 atom stereocenters. The van der Waals surface area contributed by atoms with Crippen molar-refractivity contribution in [1.29, 1.82) is 0 Å². The van der Waals surface area contributed by atoms with Gasteiger partial charge in [0.1, 0.15) is 0 Å². The molecule has 2 rings (SSSR count). The van der Waals surface area contributed by atoms with Crippen LogP contribution in [0.1, 0.15) is 38.5 Å². The quantitative estimate of drug-likeness (QED) is 0.905. The van der Waals surface area contributed by atoms with Crippen LogP contribution in [0.25, 0.3) is 0 Å². The Morgan fingerprint density at radius 1 is 1.29 bits per heavy atom. The summed E-state index contributed by atoms with van der Waals surface area (Å²) in [6.07, 6.45) is 8.26. The Hall–Kier alpha value is -1.91. The molecule has 114 valence electrons. The van der Waals surface area contributed by atoms with E-state index in [9.17, 15) is 9.59 Å². The monoisotopic (exact) mass is 289 g/mol.